The topological polar surface area (TPSA) is 34.1 Å². The lowest BCUT2D eigenvalue weighted by atomic mass is 10.3. The number of hydrogen-bond donors (Lipinski definition) is 0. The van der Waals surface area contributed by atoms with Gasteiger partial charge in [-0.25, -0.2) is 8.42 Å². The molecule has 1 aliphatic rings. The van der Waals surface area contributed by atoms with Gasteiger partial charge in [-0.05, 0) is 27.2 Å². The summed E-state index contributed by atoms with van der Waals surface area (Å²) in [7, 11) is -2.12. The lowest BCUT2D eigenvalue weighted by molar-refractivity contribution is 0.577. The second-order valence-electron chi connectivity index (χ2n) is 3.89. The van der Waals surface area contributed by atoms with Crippen LogP contribution in [0.25, 0.3) is 0 Å². The summed E-state index contributed by atoms with van der Waals surface area (Å²) in [4.78, 5) is 0.843. The van der Waals surface area contributed by atoms with Crippen molar-refractivity contribution in [2.45, 2.75) is 31.9 Å². The summed E-state index contributed by atoms with van der Waals surface area (Å²) in [6, 6.07) is 0. The minimum atomic E-state index is -3.08. The zero-order valence-electron chi connectivity index (χ0n) is 8.07. The molecule has 0 atom stereocenters. The molecule has 4 heteroatoms. The standard InChI is InChI=1S/C9H14O2S2/c1-9(2,3)13(10,11)12-8-6-4-5-7-8/h4,6-7H,5H2,1-3H3. The largest absolute Gasteiger partial charge is 0.217 e. The van der Waals surface area contributed by atoms with Crippen LogP contribution < -0.4 is 0 Å². The van der Waals surface area contributed by atoms with Gasteiger partial charge in [-0.15, -0.1) is 0 Å². The van der Waals surface area contributed by atoms with E-state index >= 15 is 0 Å². The Morgan fingerprint density at radius 1 is 1.38 bits per heavy atom. The third-order valence-electron chi connectivity index (χ3n) is 1.69. The molecule has 0 aromatic heterocycles. The fourth-order valence-electron chi connectivity index (χ4n) is 0.750. The minimum Gasteiger partial charge on any atom is -0.217 e. The molecule has 0 spiro atoms. The third kappa shape index (κ3) is 2.61. The van der Waals surface area contributed by atoms with Gasteiger partial charge in [0.15, 0.2) is 0 Å². The Morgan fingerprint density at radius 3 is 2.38 bits per heavy atom. The molecule has 0 amide bonds. The van der Waals surface area contributed by atoms with Crippen LogP contribution in [0.1, 0.15) is 27.2 Å². The summed E-state index contributed by atoms with van der Waals surface area (Å²) in [5.74, 6) is 0. The van der Waals surface area contributed by atoms with Gasteiger partial charge in [0.1, 0.15) is 0 Å². The average Bonchev–Trinajstić information content (AvgIpc) is 2.35. The highest BCUT2D eigenvalue weighted by Gasteiger charge is 2.30. The molecule has 0 fully saturated rings. The molecule has 0 aromatic rings. The lowest BCUT2D eigenvalue weighted by Crippen LogP contribution is -2.24. The zero-order valence-corrected chi connectivity index (χ0v) is 9.71. The van der Waals surface area contributed by atoms with E-state index in [1.54, 1.807) is 20.8 Å². The highest BCUT2D eigenvalue weighted by atomic mass is 33.1. The summed E-state index contributed by atoms with van der Waals surface area (Å²) in [5, 5.41) is 0. The molecule has 0 heterocycles. The van der Waals surface area contributed by atoms with Crippen LogP contribution in [-0.4, -0.2) is 13.2 Å². The van der Waals surface area contributed by atoms with E-state index < -0.39 is 13.6 Å². The highest BCUT2D eigenvalue weighted by Crippen LogP contribution is 2.35. The van der Waals surface area contributed by atoms with Crippen molar-refractivity contribution < 1.29 is 8.42 Å². The fraction of sp³-hybridized carbons (Fsp3) is 0.556. The first-order valence-electron chi connectivity index (χ1n) is 4.14. The molecular weight excluding hydrogens is 204 g/mol. The third-order valence-corrected chi connectivity index (χ3v) is 6.64. The van der Waals surface area contributed by atoms with E-state index in [0.29, 0.717) is 0 Å². The first kappa shape index (κ1) is 10.9. The molecule has 0 saturated heterocycles. The van der Waals surface area contributed by atoms with Crippen molar-refractivity contribution >= 4 is 19.7 Å². The molecule has 0 N–H and O–H groups in total. The smallest absolute Gasteiger partial charge is 0.210 e. The molecule has 2 nitrogen and oxygen atoms in total. The molecular formula is C9H14O2S2. The maximum atomic E-state index is 11.7. The van der Waals surface area contributed by atoms with E-state index in [0.717, 1.165) is 22.1 Å². The Labute approximate surface area is 83.4 Å². The van der Waals surface area contributed by atoms with Gasteiger partial charge < -0.3 is 0 Å². The van der Waals surface area contributed by atoms with Gasteiger partial charge in [0.25, 0.3) is 0 Å². The highest BCUT2D eigenvalue weighted by molar-refractivity contribution is 8.74. The molecule has 0 bridgehead atoms. The van der Waals surface area contributed by atoms with Gasteiger partial charge in [0.05, 0.1) is 4.75 Å². The summed E-state index contributed by atoms with van der Waals surface area (Å²) >= 11 is 0. The van der Waals surface area contributed by atoms with Gasteiger partial charge in [-0.1, -0.05) is 18.2 Å². The quantitative estimate of drug-likeness (QED) is 0.668. The molecule has 0 aromatic carbocycles. The van der Waals surface area contributed by atoms with Gasteiger partial charge in [-0.3, -0.25) is 0 Å². The maximum absolute atomic E-state index is 11.7. The normalized spacial score (nSPS) is 17.6. The average molecular weight is 218 g/mol. The van der Waals surface area contributed by atoms with Gasteiger partial charge in [0, 0.05) is 15.7 Å². The Balaban J connectivity index is 2.80. The predicted octanol–water partition coefficient (Wildman–Crippen LogP) is 2.69. The molecule has 13 heavy (non-hydrogen) atoms. The van der Waals surface area contributed by atoms with Crippen LogP contribution in [0.4, 0.5) is 0 Å². The molecule has 74 valence electrons. The van der Waals surface area contributed by atoms with E-state index in [9.17, 15) is 8.42 Å². The molecule has 1 rings (SSSR count). The Kier molecular flexibility index (Phi) is 2.92. The maximum Gasteiger partial charge on any atom is 0.210 e. The number of rotatable bonds is 2. The Bertz CT molecular complexity index is 342. The summed E-state index contributed by atoms with van der Waals surface area (Å²) in [6.07, 6.45) is 6.59. The van der Waals surface area contributed by atoms with Crippen LogP contribution in [0.5, 0.6) is 0 Å². The first-order chi connectivity index (χ1) is 5.83. The summed E-state index contributed by atoms with van der Waals surface area (Å²) in [6.45, 7) is 5.15. The van der Waals surface area contributed by atoms with Crippen molar-refractivity contribution in [3.8, 4) is 0 Å². The van der Waals surface area contributed by atoms with Crippen molar-refractivity contribution in [3.05, 3.63) is 23.1 Å². The Morgan fingerprint density at radius 2 is 2.00 bits per heavy atom. The van der Waals surface area contributed by atoms with E-state index in [1.807, 2.05) is 18.2 Å². The van der Waals surface area contributed by atoms with Crippen LogP contribution in [0, 0.1) is 0 Å². The minimum absolute atomic E-state index is 0.686. The van der Waals surface area contributed by atoms with Gasteiger partial charge in [0.2, 0.25) is 8.87 Å². The van der Waals surface area contributed by atoms with Crippen LogP contribution in [0.3, 0.4) is 0 Å². The van der Waals surface area contributed by atoms with E-state index in [4.69, 9.17) is 0 Å². The Hall–Kier alpha value is -0.220. The fourth-order valence-corrected chi connectivity index (χ4v) is 3.45. The molecule has 1 aliphatic carbocycles. The van der Waals surface area contributed by atoms with Gasteiger partial charge in [-0.2, -0.15) is 0 Å². The van der Waals surface area contributed by atoms with Crippen molar-refractivity contribution in [3.63, 3.8) is 0 Å². The van der Waals surface area contributed by atoms with Crippen molar-refractivity contribution in [2.75, 3.05) is 0 Å². The van der Waals surface area contributed by atoms with Crippen LogP contribution >= 0.6 is 10.8 Å². The van der Waals surface area contributed by atoms with E-state index in [-0.39, 0.29) is 0 Å². The molecule has 0 unspecified atom stereocenters. The second kappa shape index (κ2) is 3.50. The monoisotopic (exact) mass is 218 g/mol. The lowest BCUT2D eigenvalue weighted by Gasteiger charge is -2.17. The van der Waals surface area contributed by atoms with Crippen molar-refractivity contribution in [1.29, 1.82) is 0 Å². The van der Waals surface area contributed by atoms with Crippen LogP contribution in [0.2, 0.25) is 0 Å². The molecule has 0 radical (unpaired) electrons. The van der Waals surface area contributed by atoms with Gasteiger partial charge >= 0.3 is 0 Å². The summed E-state index contributed by atoms with van der Waals surface area (Å²) in [5.41, 5.74) is 0. The SMILES string of the molecule is CC(C)(C)S(=O)(=O)SC1=CCC=C1. The second-order valence-corrected chi connectivity index (χ2v) is 8.48. The van der Waals surface area contributed by atoms with Crippen molar-refractivity contribution in [1.82, 2.24) is 0 Å². The summed E-state index contributed by atoms with van der Waals surface area (Å²) < 4.78 is 22.7. The first-order valence-corrected chi connectivity index (χ1v) is 6.95. The van der Waals surface area contributed by atoms with E-state index in [1.165, 1.54) is 0 Å². The zero-order chi connectivity index (χ0) is 10.1. The van der Waals surface area contributed by atoms with Crippen LogP contribution in [-0.2, 0) is 8.87 Å². The van der Waals surface area contributed by atoms with E-state index in [2.05, 4.69) is 0 Å². The molecule has 0 aliphatic heterocycles. The number of hydrogen-bond acceptors (Lipinski definition) is 3. The van der Waals surface area contributed by atoms with Crippen LogP contribution in [0.15, 0.2) is 23.1 Å². The van der Waals surface area contributed by atoms with Crippen molar-refractivity contribution in [2.24, 2.45) is 0 Å². The number of allylic oxidation sites excluding steroid dienone is 3. The predicted molar refractivity (Wildman–Crippen MR) is 58.1 cm³/mol. The molecule has 0 saturated carbocycles.